The van der Waals surface area contributed by atoms with Gasteiger partial charge in [-0.05, 0) is 34.1 Å². The fraction of sp³-hybridized carbons (Fsp3) is 0.200. The van der Waals surface area contributed by atoms with Gasteiger partial charge in [0.05, 0.1) is 5.88 Å². The van der Waals surface area contributed by atoms with E-state index in [1.54, 1.807) is 0 Å². The summed E-state index contributed by atoms with van der Waals surface area (Å²) in [5.74, 6) is 5.15. The van der Waals surface area contributed by atoms with E-state index in [-0.39, 0.29) is 11.6 Å². The predicted molar refractivity (Wildman–Crippen MR) is 58.4 cm³/mol. The van der Waals surface area contributed by atoms with Crippen LogP contribution in [0.4, 0.5) is 13.2 Å². The fourth-order valence-electron chi connectivity index (χ4n) is 0.923. The summed E-state index contributed by atoms with van der Waals surface area (Å²) in [7, 11) is 0. The van der Waals surface area contributed by atoms with E-state index in [9.17, 15) is 13.2 Å². The molecule has 0 heterocycles. The summed E-state index contributed by atoms with van der Waals surface area (Å²) < 4.78 is 39.8. The van der Waals surface area contributed by atoms with E-state index in [2.05, 4.69) is 32.5 Å². The summed E-state index contributed by atoms with van der Waals surface area (Å²) in [6, 6.07) is 3.81. The Labute approximate surface area is 104 Å². The number of hydrogen-bond acceptors (Lipinski definition) is 1. The molecule has 0 aromatic heterocycles. The van der Waals surface area contributed by atoms with Crippen molar-refractivity contribution in [1.29, 1.82) is 0 Å². The van der Waals surface area contributed by atoms with Crippen molar-refractivity contribution in [2.45, 2.75) is 6.36 Å². The van der Waals surface area contributed by atoms with Crippen LogP contribution in [0.15, 0.2) is 22.7 Å². The number of halogens is 5. The molecule has 1 aromatic rings. The monoisotopic (exact) mass is 312 g/mol. The van der Waals surface area contributed by atoms with E-state index in [0.717, 1.165) is 0 Å². The SMILES string of the molecule is FC(F)(F)Oc1ccc(C#CCCl)c(Br)c1. The average molecular weight is 314 g/mol. The molecule has 0 amide bonds. The third-order valence-corrected chi connectivity index (χ3v) is 2.25. The molecule has 0 unspecified atom stereocenters. The van der Waals surface area contributed by atoms with Gasteiger partial charge < -0.3 is 4.74 Å². The van der Waals surface area contributed by atoms with Crippen LogP contribution in [0, 0.1) is 11.8 Å². The minimum Gasteiger partial charge on any atom is -0.406 e. The summed E-state index contributed by atoms with van der Waals surface area (Å²) >= 11 is 8.45. The van der Waals surface area contributed by atoms with Gasteiger partial charge >= 0.3 is 6.36 Å². The van der Waals surface area contributed by atoms with Crippen LogP contribution in [-0.4, -0.2) is 12.2 Å². The molecule has 0 fully saturated rings. The number of ether oxygens (including phenoxy) is 1. The van der Waals surface area contributed by atoms with Crippen molar-refractivity contribution in [3.63, 3.8) is 0 Å². The lowest BCUT2D eigenvalue weighted by atomic mass is 10.2. The minimum absolute atomic E-state index is 0.160. The first-order chi connectivity index (χ1) is 7.42. The second-order valence-corrected chi connectivity index (χ2v) is 3.75. The Bertz CT molecular complexity index is 434. The van der Waals surface area contributed by atoms with Gasteiger partial charge in [0.15, 0.2) is 0 Å². The summed E-state index contributed by atoms with van der Waals surface area (Å²) in [5, 5.41) is 0. The molecular formula is C10H5BrClF3O. The molecule has 0 aliphatic carbocycles. The smallest absolute Gasteiger partial charge is 0.406 e. The first kappa shape index (κ1) is 13.2. The Morgan fingerprint density at radius 3 is 2.56 bits per heavy atom. The van der Waals surface area contributed by atoms with Crippen LogP contribution in [0.2, 0.25) is 0 Å². The van der Waals surface area contributed by atoms with Gasteiger partial charge in [0, 0.05) is 10.0 Å². The van der Waals surface area contributed by atoms with Crippen molar-refractivity contribution in [2.24, 2.45) is 0 Å². The number of alkyl halides is 4. The van der Waals surface area contributed by atoms with Gasteiger partial charge in [-0.15, -0.1) is 24.8 Å². The zero-order valence-corrected chi connectivity index (χ0v) is 10.1. The van der Waals surface area contributed by atoms with E-state index < -0.39 is 6.36 Å². The minimum atomic E-state index is -4.69. The van der Waals surface area contributed by atoms with E-state index in [1.807, 2.05) is 0 Å². The molecule has 0 aliphatic heterocycles. The van der Waals surface area contributed by atoms with Crippen molar-refractivity contribution in [3.8, 4) is 17.6 Å². The second kappa shape index (κ2) is 5.46. The molecule has 0 bridgehead atoms. The van der Waals surface area contributed by atoms with E-state index in [1.165, 1.54) is 18.2 Å². The van der Waals surface area contributed by atoms with E-state index >= 15 is 0 Å². The first-order valence-electron chi connectivity index (χ1n) is 4.02. The van der Waals surface area contributed by atoms with Crippen LogP contribution in [0.1, 0.15) is 5.56 Å². The summed E-state index contributed by atoms with van der Waals surface area (Å²) in [4.78, 5) is 0. The number of rotatable bonds is 1. The summed E-state index contributed by atoms with van der Waals surface area (Å²) in [6.45, 7) is 0. The molecule has 6 heteroatoms. The lowest BCUT2D eigenvalue weighted by Gasteiger charge is -2.09. The molecule has 1 nitrogen and oxygen atoms in total. The lowest BCUT2D eigenvalue weighted by molar-refractivity contribution is -0.274. The van der Waals surface area contributed by atoms with Gasteiger partial charge in [0.1, 0.15) is 5.75 Å². The van der Waals surface area contributed by atoms with Gasteiger partial charge in [0.25, 0.3) is 0 Å². The Kier molecular flexibility index (Phi) is 4.51. The second-order valence-electron chi connectivity index (χ2n) is 2.62. The Balaban J connectivity index is 2.91. The summed E-state index contributed by atoms with van der Waals surface area (Å²) in [6.07, 6.45) is -4.69. The Hall–Kier alpha value is -0.860. The average Bonchev–Trinajstić information content (AvgIpc) is 2.14. The van der Waals surface area contributed by atoms with Gasteiger partial charge in [-0.25, -0.2) is 0 Å². The highest BCUT2D eigenvalue weighted by atomic mass is 79.9. The van der Waals surface area contributed by atoms with Crippen molar-refractivity contribution >= 4 is 27.5 Å². The normalized spacial score (nSPS) is 10.6. The van der Waals surface area contributed by atoms with Crippen molar-refractivity contribution in [1.82, 2.24) is 0 Å². The molecule has 0 saturated carbocycles. The predicted octanol–water partition coefficient (Wildman–Crippen LogP) is 3.94. The molecule has 0 saturated heterocycles. The van der Waals surface area contributed by atoms with E-state index in [0.29, 0.717) is 10.0 Å². The van der Waals surface area contributed by atoms with Crippen molar-refractivity contribution < 1.29 is 17.9 Å². The molecule has 0 aliphatic rings. The molecule has 0 atom stereocenters. The maximum atomic E-state index is 11.9. The zero-order valence-electron chi connectivity index (χ0n) is 7.74. The van der Waals surface area contributed by atoms with E-state index in [4.69, 9.17) is 11.6 Å². The molecule has 0 N–H and O–H groups in total. The third kappa shape index (κ3) is 4.33. The Morgan fingerprint density at radius 2 is 2.06 bits per heavy atom. The van der Waals surface area contributed by atoms with Gasteiger partial charge in [-0.2, -0.15) is 0 Å². The maximum absolute atomic E-state index is 11.9. The quantitative estimate of drug-likeness (QED) is 0.564. The molecule has 1 aromatic carbocycles. The highest BCUT2D eigenvalue weighted by Crippen LogP contribution is 2.27. The molecular weight excluding hydrogens is 308 g/mol. The standard InChI is InChI=1S/C10H5BrClF3O/c11-9-6-8(16-10(13,14)15)4-3-7(9)2-1-5-12/h3-4,6H,5H2. The van der Waals surface area contributed by atoms with Crippen LogP contribution in [-0.2, 0) is 0 Å². The topological polar surface area (TPSA) is 9.23 Å². The number of benzene rings is 1. The molecule has 0 spiro atoms. The highest BCUT2D eigenvalue weighted by molar-refractivity contribution is 9.10. The summed E-state index contributed by atoms with van der Waals surface area (Å²) in [5.41, 5.74) is 0.551. The van der Waals surface area contributed by atoms with Crippen LogP contribution in [0.5, 0.6) is 5.75 Å². The maximum Gasteiger partial charge on any atom is 0.573 e. The van der Waals surface area contributed by atoms with Crippen molar-refractivity contribution in [2.75, 3.05) is 5.88 Å². The fourth-order valence-corrected chi connectivity index (χ4v) is 1.45. The first-order valence-corrected chi connectivity index (χ1v) is 5.35. The largest absolute Gasteiger partial charge is 0.573 e. The van der Waals surface area contributed by atoms with Crippen molar-refractivity contribution in [3.05, 3.63) is 28.2 Å². The van der Waals surface area contributed by atoms with Crippen LogP contribution in [0.3, 0.4) is 0 Å². The third-order valence-electron chi connectivity index (χ3n) is 1.46. The van der Waals surface area contributed by atoms with Crippen LogP contribution in [0.25, 0.3) is 0 Å². The molecule has 16 heavy (non-hydrogen) atoms. The highest BCUT2D eigenvalue weighted by Gasteiger charge is 2.31. The lowest BCUT2D eigenvalue weighted by Crippen LogP contribution is -2.17. The zero-order chi connectivity index (χ0) is 12.2. The Morgan fingerprint density at radius 1 is 1.38 bits per heavy atom. The molecule has 86 valence electrons. The van der Waals surface area contributed by atoms with Crippen LogP contribution >= 0.6 is 27.5 Å². The molecule has 0 radical (unpaired) electrons. The van der Waals surface area contributed by atoms with Gasteiger partial charge in [-0.1, -0.05) is 11.8 Å². The molecule has 1 rings (SSSR count). The van der Waals surface area contributed by atoms with Gasteiger partial charge in [-0.3, -0.25) is 0 Å². The van der Waals surface area contributed by atoms with Crippen LogP contribution < -0.4 is 4.74 Å². The van der Waals surface area contributed by atoms with Gasteiger partial charge in [0.2, 0.25) is 0 Å². The number of hydrogen-bond donors (Lipinski definition) is 0.